The van der Waals surface area contributed by atoms with Gasteiger partial charge < -0.3 is 10.2 Å². The van der Waals surface area contributed by atoms with E-state index in [1.807, 2.05) is 6.92 Å². The third-order valence-corrected chi connectivity index (χ3v) is 5.93. The van der Waals surface area contributed by atoms with Gasteiger partial charge in [0.05, 0.1) is 11.3 Å². The first-order valence-corrected chi connectivity index (χ1v) is 9.69. The number of carbonyl (C=O) groups is 1. The molecule has 1 aromatic rings. The Morgan fingerprint density at radius 3 is 2.78 bits per heavy atom. The summed E-state index contributed by atoms with van der Waals surface area (Å²) in [5.74, 6) is 0.0752. The molecular formula is C18H26N2OS2. The molecule has 0 aromatic heterocycles. The van der Waals surface area contributed by atoms with E-state index in [1.165, 1.54) is 22.9 Å². The molecule has 0 saturated carbocycles. The van der Waals surface area contributed by atoms with Crippen LogP contribution in [0, 0.1) is 0 Å². The topological polar surface area (TPSA) is 32.3 Å². The Morgan fingerprint density at radius 1 is 1.39 bits per heavy atom. The van der Waals surface area contributed by atoms with Gasteiger partial charge in [0.2, 0.25) is 5.91 Å². The second-order valence-electron chi connectivity index (χ2n) is 5.85. The van der Waals surface area contributed by atoms with Crippen molar-refractivity contribution in [3.63, 3.8) is 0 Å². The summed E-state index contributed by atoms with van der Waals surface area (Å²) in [5.41, 5.74) is 2.64. The van der Waals surface area contributed by atoms with Crippen molar-refractivity contribution in [3.8, 4) is 0 Å². The van der Waals surface area contributed by atoms with Gasteiger partial charge in [-0.1, -0.05) is 48.2 Å². The summed E-state index contributed by atoms with van der Waals surface area (Å²) in [7, 11) is 0. The van der Waals surface area contributed by atoms with Gasteiger partial charge in [-0.15, -0.1) is 0 Å². The zero-order chi connectivity index (χ0) is 16.8. The Bertz CT molecular complexity index is 558. The number of benzene rings is 1. The maximum absolute atomic E-state index is 12.5. The number of amides is 1. The summed E-state index contributed by atoms with van der Waals surface area (Å²) in [4.78, 5) is 14.7. The van der Waals surface area contributed by atoms with E-state index in [1.54, 1.807) is 0 Å². The number of nitrogens with one attached hydrogen (secondary N) is 1. The minimum Gasteiger partial charge on any atom is -0.358 e. The van der Waals surface area contributed by atoms with Crippen LogP contribution in [0.2, 0.25) is 0 Å². The van der Waals surface area contributed by atoms with Gasteiger partial charge in [0.1, 0.15) is 4.32 Å². The first-order chi connectivity index (χ1) is 11.1. The maximum atomic E-state index is 12.5. The summed E-state index contributed by atoms with van der Waals surface area (Å²) < 4.78 is 0.807. The van der Waals surface area contributed by atoms with Crippen molar-refractivity contribution in [1.29, 1.82) is 0 Å². The molecule has 5 heteroatoms. The van der Waals surface area contributed by atoms with Crippen LogP contribution in [-0.2, 0) is 11.2 Å². The predicted molar refractivity (Wildman–Crippen MR) is 103 cm³/mol. The van der Waals surface area contributed by atoms with Gasteiger partial charge in [0.25, 0.3) is 0 Å². The number of fused-ring (bicyclic) bond motifs is 1. The van der Waals surface area contributed by atoms with Crippen molar-refractivity contribution in [2.75, 3.05) is 13.1 Å². The Hall–Kier alpha value is -1.07. The molecule has 0 fully saturated rings. The Labute approximate surface area is 149 Å². The van der Waals surface area contributed by atoms with Crippen LogP contribution < -0.4 is 5.32 Å². The minimum absolute atomic E-state index is 0.0752. The highest BCUT2D eigenvalue weighted by molar-refractivity contribution is 8.23. The molecule has 1 aliphatic rings. The van der Waals surface area contributed by atoms with Crippen LogP contribution in [0.25, 0.3) is 0 Å². The normalized spacial score (nSPS) is 18.0. The fraction of sp³-hybridized carbons (Fsp3) is 0.556. The lowest BCUT2D eigenvalue weighted by atomic mass is 9.88. The molecule has 1 aromatic carbocycles. The van der Waals surface area contributed by atoms with Crippen molar-refractivity contribution in [2.24, 2.45) is 0 Å². The maximum Gasteiger partial charge on any atom is 0.233 e. The number of rotatable bonds is 5. The van der Waals surface area contributed by atoms with Crippen LogP contribution in [0.1, 0.15) is 50.8 Å². The Balaban J connectivity index is 1.96. The lowest BCUT2D eigenvalue weighted by Crippen LogP contribution is -2.37. The van der Waals surface area contributed by atoms with E-state index >= 15 is 0 Å². The molecule has 0 bridgehead atoms. The first kappa shape index (κ1) is 18.3. The van der Waals surface area contributed by atoms with Gasteiger partial charge in [-0.05, 0) is 51.2 Å². The van der Waals surface area contributed by atoms with Crippen LogP contribution in [0.3, 0.4) is 0 Å². The van der Waals surface area contributed by atoms with Crippen molar-refractivity contribution in [2.45, 2.75) is 51.3 Å². The molecule has 0 unspecified atom stereocenters. The molecule has 0 aliphatic heterocycles. The number of thioether (sulfide) groups is 1. The zero-order valence-electron chi connectivity index (χ0n) is 14.2. The molecule has 1 aliphatic carbocycles. The van der Waals surface area contributed by atoms with Gasteiger partial charge in [0.15, 0.2) is 0 Å². The second kappa shape index (κ2) is 8.69. The molecule has 0 heterocycles. The molecule has 1 N–H and O–H groups in total. The van der Waals surface area contributed by atoms with Crippen molar-refractivity contribution in [3.05, 3.63) is 35.4 Å². The molecule has 2 atom stereocenters. The van der Waals surface area contributed by atoms with E-state index in [0.717, 1.165) is 36.7 Å². The summed E-state index contributed by atoms with van der Waals surface area (Å²) in [5, 5.41) is 3.05. The molecule has 126 valence electrons. The smallest absolute Gasteiger partial charge is 0.233 e. The third kappa shape index (κ3) is 4.70. The Kier molecular flexibility index (Phi) is 6.90. The van der Waals surface area contributed by atoms with Crippen molar-refractivity contribution in [1.82, 2.24) is 10.2 Å². The molecule has 1 amide bonds. The van der Waals surface area contributed by atoms with Gasteiger partial charge in [-0.3, -0.25) is 4.79 Å². The molecule has 0 saturated heterocycles. The number of nitrogens with zero attached hydrogens (tertiary/aromatic N) is 1. The van der Waals surface area contributed by atoms with Crippen LogP contribution in [0.15, 0.2) is 24.3 Å². The first-order valence-electron chi connectivity index (χ1n) is 8.40. The van der Waals surface area contributed by atoms with Crippen LogP contribution in [-0.4, -0.2) is 33.5 Å². The summed E-state index contributed by atoms with van der Waals surface area (Å²) >= 11 is 6.93. The highest BCUT2D eigenvalue weighted by Gasteiger charge is 2.25. The number of hydrogen-bond acceptors (Lipinski definition) is 3. The average molecular weight is 351 g/mol. The lowest BCUT2D eigenvalue weighted by molar-refractivity contribution is -0.121. The number of carbonyl (C=O) groups excluding carboxylic acids is 1. The van der Waals surface area contributed by atoms with Gasteiger partial charge in [0, 0.05) is 13.1 Å². The van der Waals surface area contributed by atoms with Gasteiger partial charge >= 0.3 is 0 Å². The van der Waals surface area contributed by atoms with Crippen LogP contribution in [0.4, 0.5) is 0 Å². The minimum atomic E-state index is -0.169. The second-order valence-corrected chi connectivity index (χ2v) is 7.83. The molecule has 23 heavy (non-hydrogen) atoms. The molecule has 3 nitrogen and oxygen atoms in total. The van der Waals surface area contributed by atoms with Gasteiger partial charge in [-0.2, -0.15) is 0 Å². The predicted octanol–water partition coefficient (Wildman–Crippen LogP) is 3.93. The fourth-order valence-electron chi connectivity index (χ4n) is 2.95. The zero-order valence-corrected chi connectivity index (χ0v) is 15.8. The van der Waals surface area contributed by atoms with E-state index < -0.39 is 0 Å². The largest absolute Gasteiger partial charge is 0.358 e. The van der Waals surface area contributed by atoms with E-state index in [4.69, 9.17) is 12.2 Å². The van der Waals surface area contributed by atoms with E-state index in [-0.39, 0.29) is 17.2 Å². The molecule has 0 radical (unpaired) electrons. The summed E-state index contributed by atoms with van der Waals surface area (Å²) in [6.45, 7) is 7.87. The summed E-state index contributed by atoms with van der Waals surface area (Å²) in [6, 6.07) is 8.57. The van der Waals surface area contributed by atoms with E-state index in [9.17, 15) is 4.79 Å². The average Bonchev–Trinajstić information content (AvgIpc) is 2.56. The monoisotopic (exact) mass is 350 g/mol. The van der Waals surface area contributed by atoms with E-state index in [0.29, 0.717) is 0 Å². The van der Waals surface area contributed by atoms with Crippen molar-refractivity contribution < 1.29 is 4.79 Å². The highest BCUT2D eigenvalue weighted by Crippen LogP contribution is 2.30. The molecular weight excluding hydrogens is 324 g/mol. The number of thiocarbonyl (C=S) groups is 1. The van der Waals surface area contributed by atoms with Crippen LogP contribution in [0.5, 0.6) is 0 Å². The van der Waals surface area contributed by atoms with E-state index in [2.05, 4.69) is 48.3 Å². The molecule has 2 rings (SSSR count). The third-order valence-electron chi connectivity index (χ3n) is 4.35. The van der Waals surface area contributed by atoms with Crippen molar-refractivity contribution >= 4 is 34.2 Å². The summed E-state index contributed by atoms with van der Waals surface area (Å²) in [6.07, 6.45) is 3.25. The Morgan fingerprint density at radius 2 is 2.09 bits per heavy atom. The standard InChI is InChI=1S/C18H26N2OS2/c1-4-20(5-2)18(22)23-13(3)17(21)19-16-12-8-10-14-9-6-7-11-15(14)16/h6-7,9,11,13,16H,4-5,8,10,12H2,1-3H3,(H,19,21)/t13-,16-/m0/s1. The number of hydrogen-bond donors (Lipinski definition) is 1. The lowest BCUT2D eigenvalue weighted by Gasteiger charge is -2.28. The van der Waals surface area contributed by atoms with Gasteiger partial charge in [-0.25, -0.2) is 0 Å². The fourth-order valence-corrected chi connectivity index (χ4v) is 4.53. The highest BCUT2D eigenvalue weighted by atomic mass is 32.2. The quantitative estimate of drug-likeness (QED) is 0.816. The van der Waals surface area contributed by atoms with Crippen LogP contribution >= 0.6 is 24.0 Å². The molecule has 0 spiro atoms. The SMILES string of the molecule is CCN(CC)C(=S)S[C@@H](C)C(=O)N[C@H]1CCCc2ccccc21. The number of aryl methyl sites for hydroxylation is 1.